The number of halogens is 3. The SMILES string of the molecule is CC1=C([N+](=O)[O-])[CH]CC=C1C(F)(F)F. The third-order valence-electron chi connectivity index (χ3n) is 1.92. The van der Waals surface area contributed by atoms with Crippen LogP contribution in [0.4, 0.5) is 13.2 Å². The van der Waals surface area contributed by atoms with Crippen molar-refractivity contribution in [2.45, 2.75) is 19.5 Å². The Kier molecular flexibility index (Phi) is 2.64. The highest BCUT2D eigenvalue weighted by molar-refractivity contribution is 5.41. The number of hydrogen-bond acceptors (Lipinski definition) is 2. The van der Waals surface area contributed by atoms with Gasteiger partial charge in [-0.1, -0.05) is 6.08 Å². The molecular weight excluding hydrogens is 199 g/mol. The lowest BCUT2D eigenvalue weighted by atomic mass is 9.96. The van der Waals surface area contributed by atoms with Crippen LogP contribution in [0.5, 0.6) is 0 Å². The fourth-order valence-electron chi connectivity index (χ4n) is 1.27. The van der Waals surface area contributed by atoms with Crippen molar-refractivity contribution < 1.29 is 18.1 Å². The lowest BCUT2D eigenvalue weighted by molar-refractivity contribution is -0.423. The van der Waals surface area contributed by atoms with Gasteiger partial charge in [-0.2, -0.15) is 13.2 Å². The molecule has 1 rings (SSSR count). The molecule has 1 aliphatic carbocycles. The van der Waals surface area contributed by atoms with Crippen LogP contribution in [0.3, 0.4) is 0 Å². The molecule has 1 aliphatic rings. The van der Waals surface area contributed by atoms with Gasteiger partial charge in [0.15, 0.2) is 0 Å². The molecule has 0 heterocycles. The highest BCUT2D eigenvalue weighted by atomic mass is 19.4. The van der Waals surface area contributed by atoms with Crippen molar-refractivity contribution in [2.24, 2.45) is 0 Å². The molecule has 14 heavy (non-hydrogen) atoms. The number of allylic oxidation sites excluding steroid dienone is 4. The summed E-state index contributed by atoms with van der Waals surface area (Å²) in [4.78, 5) is 9.56. The summed E-state index contributed by atoms with van der Waals surface area (Å²) in [5, 5.41) is 10.4. The van der Waals surface area contributed by atoms with Gasteiger partial charge in [-0.15, -0.1) is 0 Å². The fraction of sp³-hybridized carbons (Fsp3) is 0.375. The van der Waals surface area contributed by atoms with Crippen LogP contribution < -0.4 is 0 Å². The molecule has 0 amide bonds. The number of alkyl halides is 3. The van der Waals surface area contributed by atoms with E-state index in [0.29, 0.717) is 0 Å². The van der Waals surface area contributed by atoms with Gasteiger partial charge >= 0.3 is 6.18 Å². The summed E-state index contributed by atoms with van der Waals surface area (Å²) in [6.45, 7) is 1.10. The third-order valence-corrected chi connectivity index (χ3v) is 1.92. The Labute approximate surface area is 78.1 Å². The Hall–Kier alpha value is -1.33. The number of hydrogen-bond donors (Lipinski definition) is 0. The van der Waals surface area contributed by atoms with E-state index < -0.39 is 22.4 Å². The normalized spacial score (nSPS) is 18.1. The molecule has 0 aromatic rings. The predicted octanol–water partition coefficient (Wildman–Crippen LogP) is 2.63. The van der Waals surface area contributed by atoms with Gasteiger partial charge in [-0.25, -0.2) is 0 Å². The van der Waals surface area contributed by atoms with Crippen LogP contribution in [0.1, 0.15) is 13.3 Å². The van der Waals surface area contributed by atoms with E-state index in [-0.39, 0.29) is 12.0 Å². The van der Waals surface area contributed by atoms with Crippen LogP contribution in [0.15, 0.2) is 22.9 Å². The Bertz CT molecular complexity index is 328. The van der Waals surface area contributed by atoms with Crippen LogP contribution in [0.25, 0.3) is 0 Å². The van der Waals surface area contributed by atoms with Crippen molar-refractivity contribution in [3.63, 3.8) is 0 Å². The van der Waals surface area contributed by atoms with Crippen LogP contribution in [0.2, 0.25) is 0 Å². The topological polar surface area (TPSA) is 43.1 Å². The standard InChI is InChI=1S/C8H7F3NO2/c1-5-6(8(9,10)11)3-2-4-7(5)12(13)14/h3-4H,2H2,1H3. The molecule has 0 bridgehead atoms. The minimum atomic E-state index is -4.51. The van der Waals surface area contributed by atoms with Crippen molar-refractivity contribution in [2.75, 3.05) is 0 Å². The first-order valence-corrected chi connectivity index (χ1v) is 3.80. The van der Waals surface area contributed by atoms with Crippen LogP contribution in [0, 0.1) is 16.5 Å². The number of nitrogens with zero attached hydrogens (tertiary/aromatic N) is 1. The first kappa shape index (κ1) is 10.7. The zero-order valence-electron chi connectivity index (χ0n) is 7.26. The maximum atomic E-state index is 12.3. The molecule has 77 valence electrons. The lowest BCUT2D eigenvalue weighted by Crippen LogP contribution is -2.18. The Morgan fingerprint density at radius 3 is 2.50 bits per heavy atom. The molecule has 0 aromatic carbocycles. The van der Waals surface area contributed by atoms with Gasteiger partial charge in [-0.3, -0.25) is 10.1 Å². The first-order valence-electron chi connectivity index (χ1n) is 3.80. The van der Waals surface area contributed by atoms with E-state index in [0.717, 1.165) is 13.0 Å². The molecule has 0 N–H and O–H groups in total. The fourth-order valence-corrected chi connectivity index (χ4v) is 1.27. The summed E-state index contributed by atoms with van der Waals surface area (Å²) in [7, 11) is 0. The monoisotopic (exact) mass is 206 g/mol. The molecule has 0 unspecified atom stereocenters. The van der Waals surface area contributed by atoms with Gasteiger partial charge in [0.25, 0.3) is 5.70 Å². The van der Waals surface area contributed by atoms with E-state index in [9.17, 15) is 23.3 Å². The first-order chi connectivity index (χ1) is 6.34. The lowest BCUT2D eigenvalue weighted by Gasteiger charge is -2.15. The molecule has 6 heteroatoms. The third kappa shape index (κ3) is 1.94. The summed E-state index contributed by atoms with van der Waals surface area (Å²) < 4.78 is 36.9. The van der Waals surface area contributed by atoms with Crippen LogP contribution >= 0.6 is 0 Å². The van der Waals surface area contributed by atoms with Gasteiger partial charge in [-0.05, 0) is 13.3 Å². The smallest absolute Gasteiger partial charge is 0.259 e. The average Bonchev–Trinajstić information content (AvgIpc) is 2.01. The maximum absolute atomic E-state index is 12.3. The van der Waals surface area contributed by atoms with Gasteiger partial charge in [0.2, 0.25) is 0 Å². The van der Waals surface area contributed by atoms with Crippen molar-refractivity contribution >= 4 is 0 Å². The summed E-state index contributed by atoms with van der Waals surface area (Å²) in [5.74, 6) is 0. The molecule has 0 fully saturated rings. The minimum Gasteiger partial charge on any atom is -0.259 e. The minimum absolute atomic E-state index is 0.0531. The molecule has 3 nitrogen and oxygen atoms in total. The van der Waals surface area contributed by atoms with Crippen LogP contribution in [-0.4, -0.2) is 11.1 Å². The predicted molar refractivity (Wildman–Crippen MR) is 42.7 cm³/mol. The van der Waals surface area contributed by atoms with Crippen molar-refractivity contribution in [3.05, 3.63) is 39.5 Å². The molecule has 0 saturated heterocycles. The van der Waals surface area contributed by atoms with E-state index in [1.165, 1.54) is 6.42 Å². The summed E-state index contributed by atoms with van der Waals surface area (Å²) in [6.07, 6.45) is -2.45. The zero-order valence-corrected chi connectivity index (χ0v) is 7.26. The molecule has 1 radical (unpaired) electrons. The molecule has 0 aromatic heterocycles. The quantitative estimate of drug-likeness (QED) is 0.489. The molecule has 0 saturated carbocycles. The maximum Gasteiger partial charge on any atom is 0.416 e. The van der Waals surface area contributed by atoms with Gasteiger partial charge < -0.3 is 0 Å². The number of rotatable bonds is 1. The second-order valence-electron chi connectivity index (χ2n) is 2.82. The van der Waals surface area contributed by atoms with E-state index in [1.54, 1.807) is 0 Å². The van der Waals surface area contributed by atoms with E-state index in [2.05, 4.69) is 0 Å². The van der Waals surface area contributed by atoms with Gasteiger partial charge in [0.05, 0.1) is 16.9 Å². The van der Waals surface area contributed by atoms with Gasteiger partial charge in [0.1, 0.15) is 0 Å². The second kappa shape index (κ2) is 3.43. The van der Waals surface area contributed by atoms with E-state index >= 15 is 0 Å². The second-order valence-corrected chi connectivity index (χ2v) is 2.82. The Balaban J connectivity index is 3.13. The van der Waals surface area contributed by atoms with Crippen molar-refractivity contribution in [3.8, 4) is 0 Å². The molecular formula is C8H7F3NO2. The summed E-state index contributed by atoms with van der Waals surface area (Å²) in [6, 6.07) is 0. The van der Waals surface area contributed by atoms with Crippen molar-refractivity contribution in [1.82, 2.24) is 0 Å². The molecule has 0 atom stereocenters. The highest BCUT2D eigenvalue weighted by Gasteiger charge is 2.39. The largest absolute Gasteiger partial charge is 0.416 e. The van der Waals surface area contributed by atoms with Gasteiger partial charge in [0, 0.05) is 5.57 Å². The summed E-state index contributed by atoms with van der Waals surface area (Å²) in [5.41, 5.74) is -1.69. The van der Waals surface area contributed by atoms with Crippen molar-refractivity contribution in [1.29, 1.82) is 0 Å². The Morgan fingerprint density at radius 1 is 1.50 bits per heavy atom. The van der Waals surface area contributed by atoms with E-state index in [4.69, 9.17) is 0 Å². The zero-order chi connectivity index (χ0) is 10.9. The van der Waals surface area contributed by atoms with E-state index in [1.807, 2.05) is 0 Å². The Morgan fingerprint density at radius 2 is 2.07 bits per heavy atom. The number of nitro groups is 1. The molecule has 0 aliphatic heterocycles. The average molecular weight is 206 g/mol. The highest BCUT2D eigenvalue weighted by Crippen LogP contribution is 2.36. The summed E-state index contributed by atoms with van der Waals surface area (Å²) >= 11 is 0. The molecule has 0 spiro atoms. The van der Waals surface area contributed by atoms with Crippen LogP contribution in [-0.2, 0) is 0 Å².